The maximum absolute atomic E-state index is 3.44. The van der Waals surface area contributed by atoms with Crippen molar-refractivity contribution in [2.24, 2.45) is 0 Å². The van der Waals surface area contributed by atoms with E-state index in [2.05, 4.69) is 23.5 Å². The molecule has 3 nitrogen and oxygen atoms in total. The van der Waals surface area contributed by atoms with Crippen LogP contribution >= 0.6 is 0 Å². The van der Waals surface area contributed by atoms with Gasteiger partial charge in [-0.1, -0.05) is 37.5 Å². The number of rotatable bonds is 1. The van der Waals surface area contributed by atoms with Crippen molar-refractivity contribution >= 4 is 0 Å². The molecule has 4 heteroatoms. The van der Waals surface area contributed by atoms with Crippen molar-refractivity contribution in [1.82, 2.24) is 5.32 Å². The van der Waals surface area contributed by atoms with Crippen molar-refractivity contribution in [3.05, 3.63) is 34.9 Å². The number of nitrogens with one attached hydrogen (secondary N) is 1. The van der Waals surface area contributed by atoms with Gasteiger partial charge in [-0.05, 0) is 48.4 Å². The molecule has 1 fully saturated rings. The molecule has 1 aliphatic carbocycles. The van der Waals surface area contributed by atoms with Gasteiger partial charge in [-0.2, -0.15) is 0 Å². The fourth-order valence-corrected chi connectivity index (χ4v) is 3.19. The number of fused-ring (bicyclic) bond motifs is 1. The zero-order valence-electron chi connectivity index (χ0n) is 11.1. The Balaban J connectivity index is 0.00000108. The Morgan fingerprint density at radius 2 is 1.68 bits per heavy atom. The molecule has 0 aromatic heterocycles. The molecular formula is C15H21NO2Pt. The average Bonchev–Trinajstić information content (AvgIpc) is 2.39. The molecule has 3 rings (SSSR count). The van der Waals surface area contributed by atoms with Crippen LogP contribution in [0.3, 0.4) is 0 Å². The minimum atomic E-state index is 0. The van der Waals surface area contributed by atoms with E-state index in [4.69, 9.17) is 0 Å². The molecule has 0 spiro atoms. The summed E-state index contributed by atoms with van der Waals surface area (Å²) in [5.41, 5.74) is 4.73. The van der Waals surface area contributed by atoms with Gasteiger partial charge in [0.2, 0.25) is 0 Å². The topological polar surface area (TPSA) is 69.0 Å². The molecule has 0 atom stereocenters. The second kappa shape index (κ2) is 8.86. The van der Waals surface area contributed by atoms with Gasteiger partial charge in [-0.15, -0.1) is 0 Å². The first-order chi connectivity index (χ1) is 7.93. The van der Waals surface area contributed by atoms with E-state index in [9.17, 15) is 0 Å². The van der Waals surface area contributed by atoms with Crippen LogP contribution in [0.4, 0.5) is 0 Å². The SMILES string of the molecule is [O-2].[O-2].[Pt+4].c1cc2c(cc1C1CCCCC1)CCNC2. The molecule has 0 radical (unpaired) electrons. The maximum atomic E-state index is 3.44. The third-order valence-corrected chi connectivity index (χ3v) is 4.19. The van der Waals surface area contributed by atoms with Gasteiger partial charge in [-0.25, -0.2) is 0 Å². The van der Waals surface area contributed by atoms with Gasteiger partial charge in [0.05, 0.1) is 0 Å². The summed E-state index contributed by atoms with van der Waals surface area (Å²) in [6, 6.07) is 7.22. The Morgan fingerprint density at radius 3 is 2.42 bits per heavy atom. The van der Waals surface area contributed by atoms with E-state index in [1.807, 2.05) is 0 Å². The third kappa shape index (κ3) is 4.39. The molecule has 1 aromatic carbocycles. The minimum absolute atomic E-state index is 0. The third-order valence-electron chi connectivity index (χ3n) is 4.19. The van der Waals surface area contributed by atoms with Crippen LogP contribution in [0, 0.1) is 0 Å². The van der Waals surface area contributed by atoms with Crippen molar-refractivity contribution in [3.63, 3.8) is 0 Å². The minimum Gasteiger partial charge on any atom is -2.00 e. The van der Waals surface area contributed by atoms with Crippen LogP contribution in [0.5, 0.6) is 0 Å². The molecule has 1 aromatic rings. The molecule has 0 unspecified atom stereocenters. The molecule has 2 aliphatic rings. The van der Waals surface area contributed by atoms with Gasteiger partial charge in [0, 0.05) is 6.54 Å². The summed E-state index contributed by atoms with van der Waals surface area (Å²) in [5, 5.41) is 3.44. The predicted molar refractivity (Wildman–Crippen MR) is 69.1 cm³/mol. The quantitative estimate of drug-likeness (QED) is 0.714. The van der Waals surface area contributed by atoms with Crippen molar-refractivity contribution in [2.45, 2.75) is 51.0 Å². The van der Waals surface area contributed by atoms with Crippen LogP contribution in [0.1, 0.15) is 54.7 Å². The first-order valence-corrected chi connectivity index (χ1v) is 6.76. The Bertz CT molecular complexity index is 378. The summed E-state index contributed by atoms with van der Waals surface area (Å²) in [6.07, 6.45) is 8.36. The summed E-state index contributed by atoms with van der Waals surface area (Å²) in [7, 11) is 0. The molecule has 0 saturated heterocycles. The van der Waals surface area contributed by atoms with Crippen molar-refractivity contribution in [3.8, 4) is 0 Å². The Morgan fingerprint density at radius 1 is 0.947 bits per heavy atom. The average molecular weight is 442 g/mol. The molecule has 1 saturated carbocycles. The van der Waals surface area contributed by atoms with E-state index in [0.29, 0.717) is 0 Å². The van der Waals surface area contributed by atoms with Crippen LogP contribution in [-0.4, -0.2) is 6.54 Å². The van der Waals surface area contributed by atoms with Crippen LogP contribution in [0.25, 0.3) is 0 Å². The van der Waals surface area contributed by atoms with Gasteiger partial charge < -0.3 is 16.3 Å². The summed E-state index contributed by atoms with van der Waals surface area (Å²) in [5.74, 6) is 0.855. The van der Waals surface area contributed by atoms with Gasteiger partial charge in [0.15, 0.2) is 0 Å². The van der Waals surface area contributed by atoms with E-state index in [-0.39, 0.29) is 32.0 Å². The molecule has 1 heterocycles. The van der Waals surface area contributed by atoms with Crippen molar-refractivity contribution in [2.75, 3.05) is 6.54 Å². The standard InChI is InChI=1S/C15H21N.2O.Pt/c1-2-4-12(5-3-1)13-6-7-15-11-16-9-8-14(15)10-13;;;/h6-7,10,12,16H,1-5,8-9,11H2;;;/q;2*-2;+4. The molecule has 0 bridgehead atoms. The van der Waals surface area contributed by atoms with Crippen LogP contribution < -0.4 is 5.32 Å². The van der Waals surface area contributed by atoms with E-state index in [1.165, 1.54) is 44.1 Å². The molecule has 1 aliphatic heterocycles. The summed E-state index contributed by atoms with van der Waals surface area (Å²) in [6.45, 7) is 2.22. The van der Waals surface area contributed by atoms with Gasteiger partial charge in [-0.3, -0.25) is 0 Å². The smallest absolute Gasteiger partial charge is 2.00 e. The van der Waals surface area contributed by atoms with E-state index >= 15 is 0 Å². The molecule has 1 N–H and O–H groups in total. The van der Waals surface area contributed by atoms with Crippen LogP contribution in [-0.2, 0) is 45.0 Å². The van der Waals surface area contributed by atoms with Gasteiger partial charge in [0.25, 0.3) is 0 Å². The summed E-state index contributed by atoms with van der Waals surface area (Å²) in [4.78, 5) is 0. The summed E-state index contributed by atoms with van der Waals surface area (Å²) >= 11 is 0. The molecular weight excluding hydrogens is 421 g/mol. The Hall–Kier alpha value is -0.212. The second-order valence-electron chi connectivity index (χ2n) is 5.29. The zero-order valence-corrected chi connectivity index (χ0v) is 13.4. The first-order valence-electron chi connectivity index (χ1n) is 6.76. The van der Waals surface area contributed by atoms with Crippen molar-refractivity contribution < 1.29 is 32.0 Å². The van der Waals surface area contributed by atoms with E-state index in [1.54, 1.807) is 11.1 Å². The summed E-state index contributed by atoms with van der Waals surface area (Å²) < 4.78 is 0. The molecule has 0 amide bonds. The van der Waals surface area contributed by atoms with E-state index < -0.39 is 0 Å². The van der Waals surface area contributed by atoms with E-state index in [0.717, 1.165) is 19.0 Å². The predicted octanol–water partition coefficient (Wildman–Crippen LogP) is 3.14. The number of hydrogen-bond donors (Lipinski definition) is 1. The molecule has 19 heavy (non-hydrogen) atoms. The normalized spacial score (nSPS) is 18.3. The van der Waals surface area contributed by atoms with Gasteiger partial charge >= 0.3 is 21.1 Å². The fourth-order valence-electron chi connectivity index (χ4n) is 3.19. The maximum Gasteiger partial charge on any atom is 4.00 e. The fraction of sp³-hybridized carbons (Fsp3) is 0.600. The van der Waals surface area contributed by atoms with Crippen LogP contribution in [0.15, 0.2) is 18.2 Å². The molecule has 108 valence electrons. The Kier molecular flexibility index (Phi) is 8.76. The zero-order chi connectivity index (χ0) is 10.8. The monoisotopic (exact) mass is 442 g/mol. The number of hydrogen-bond acceptors (Lipinski definition) is 1. The van der Waals surface area contributed by atoms with Crippen LogP contribution in [0.2, 0.25) is 0 Å². The Labute approximate surface area is 130 Å². The first kappa shape index (κ1) is 18.8. The second-order valence-corrected chi connectivity index (χ2v) is 5.29. The van der Waals surface area contributed by atoms with Crippen molar-refractivity contribution in [1.29, 1.82) is 0 Å². The largest absolute Gasteiger partial charge is 4.00 e. The van der Waals surface area contributed by atoms with Gasteiger partial charge in [0.1, 0.15) is 0 Å². The number of benzene rings is 1.